The van der Waals surface area contributed by atoms with Crippen molar-refractivity contribution in [2.75, 3.05) is 13.1 Å². The van der Waals surface area contributed by atoms with E-state index in [9.17, 15) is 9.59 Å². The Hall–Kier alpha value is -1.26. The molecule has 5 nitrogen and oxygen atoms in total. The number of nitrogens with zero attached hydrogens (tertiary/aromatic N) is 1. The van der Waals surface area contributed by atoms with Crippen molar-refractivity contribution in [3.05, 3.63) is 0 Å². The summed E-state index contributed by atoms with van der Waals surface area (Å²) < 4.78 is 5.34. The van der Waals surface area contributed by atoms with Crippen LogP contribution < -0.4 is 5.32 Å². The van der Waals surface area contributed by atoms with Crippen LogP contribution in [0.4, 0.5) is 4.79 Å². The molecule has 1 heterocycles. The molecular formula is C14H22N2O3. The van der Waals surface area contributed by atoms with Crippen LogP contribution in [-0.2, 0) is 9.53 Å². The molecule has 0 aromatic carbocycles. The molecule has 2 saturated carbocycles. The first-order valence-corrected chi connectivity index (χ1v) is 7.09. The summed E-state index contributed by atoms with van der Waals surface area (Å²) in [5.74, 6) is 0.865. The van der Waals surface area contributed by atoms with E-state index in [2.05, 4.69) is 5.32 Å². The quantitative estimate of drug-likeness (QED) is 0.824. The fraction of sp³-hybridized carbons (Fsp3) is 0.857. The SMILES string of the molecule is CC(C)(C)OC(=O)N1CC[C@H](NC(=O)C23CC2C3)C1. The Balaban J connectivity index is 1.47. The number of fused-ring (bicyclic) bond motifs is 1. The highest BCUT2D eigenvalue weighted by molar-refractivity contribution is 5.90. The van der Waals surface area contributed by atoms with E-state index < -0.39 is 5.60 Å². The zero-order chi connectivity index (χ0) is 13.8. The molecule has 1 saturated heterocycles. The number of rotatable bonds is 2. The van der Waals surface area contributed by atoms with Crippen LogP contribution in [0.1, 0.15) is 40.0 Å². The van der Waals surface area contributed by atoms with Gasteiger partial charge in [-0.15, -0.1) is 0 Å². The minimum atomic E-state index is -0.466. The summed E-state index contributed by atoms with van der Waals surface area (Å²) in [7, 11) is 0. The molecule has 1 N–H and O–H groups in total. The van der Waals surface area contributed by atoms with Gasteiger partial charge in [-0.25, -0.2) is 4.79 Å². The van der Waals surface area contributed by atoms with E-state index in [-0.39, 0.29) is 23.5 Å². The molecule has 0 spiro atoms. The van der Waals surface area contributed by atoms with E-state index in [0.717, 1.165) is 19.3 Å². The van der Waals surface area contributed by atoms with Crippen molar-refractivity contribution in [2.45, 2.75) is 51.7 Å². The first-order valence-electron chi connectivity index (χ1n) is 7.09. The van der Waals surface area contributed by atoms with Crippen LogP contribution in [0.25, 0.3) is 0 Å². The maximum atomic E-state index is 12.0. The molecular weight excluding hydrogens is 244 g/mol. The van der Waals surface area contributed by atoms with Gasteiger partial charge in [0, 0.05) is 19.1 Å². The molecule has 106 valence electrons. The number of hydrogen-bond donors (Lipinski definition) is 1. The van der Waals surface area contributed by atoms with Gasteiger partial charge in [0.25, 0.3) is 0 Å². The van der Waals surface area contributed by atoms with Crippen molar-refractivity contribution in [1.82, 2.24) is 10.2 Å². The molecule has 3 fully saturated rings. The average Bonchev–Trinajstić information content (AvgIpc) is 3.05. The summed E-state index contributed by atoms with van der Waals surface area (Å²) in [5, 5.41) is 3.08. The number of ether oxygens (including phenoxy) is 1. The van der Waals surface area contributed by atoms with Gasteiger partial charge in [0.05, 0.1) is 5.41 Å². The first kappa shape index (κ1) is 12.8. The van der Waals surface area contributed by atoms with Crippen molar-refractivity contribution in [1.29, 1.82) is 0 Å². The molecule has 0 bridgehead atoms. The lowest BCUT2D eigenvalue weighted by Crippen LogP contribution is -2.41. The third-order valence-corrected chi connectivity index (χ3v) is 4.31. The average molecular weight is 266 g/mol. The monoisotopic (exact) mass is 266 g/mol. The lowest BCUT2D eigenvalue weighted by atomic mass is 10.2. The summed E-state index contributed by atoms with van der Waals surface area (Å²) >= 11 is 0. The van der Waals surface area contributed by atoms with Crippen LogP contribution in [0.5, 0.6) is 0 Å². The third kappa shape index (κ3) is 2.42. The minimum absolute atomic E-state index is 0.0132. The zero-order valence-corrected chi connectivity index (χ0v) is 11.9. The second-order valence-electron chi connectivity index (χ2n) is 7.15. The lowest BCUT2D eigenvalue weighted by Gasteiger charge is -2.24. The zero-order valence-electron chi connectivity index (χ0n) is 11.9. The normalized spacial score (nSPS) is 35.6. The lowest BCUT2D eigenvalue weighted by molar-refractivity contribution is -0.124. The van der Waals surface area contributed by atoms with E-state index in [1.165, 1.54) is 0 Å². The number of carbonyl (C=O) groups excluding carboxylic acids is 2. The Bertz CT molecular complexity index is 421. The molecule has 1 atom stereocenters. The standard InChI is InChI=1S/C14H22N2O3/c1-13(2,3)19-12(18)16-5-4-10(8-16)15-11(17)14-6-9(14)7-14/h9-10H,4-8H2,1-3H3,(H,15,17)/t9?,10-,14?/m0/s1. The van der Waals surface area contributed by atoms with Crippen molar-refractivity contribution < 1.29 is 14.3 Å². The van der Waals surface area contributed by atoms with Gasteiger partial charge in [-0.1, -0.05) is 0 Å². The van der Waals surface area contributed by atoms with Crippen LogP contribution in [0.3, 0.4) is 0 Å². The van der Waals surface area contributed by atoms with Crippen molar-refractivity contribution >= 4 is 12.0 Å². The number of amides is 2. The largest absolute Gasteiger partial charge is 0.444 e. The highest BCUT2D eigenvalue weighted by Gasteiger charge is 2.74. The molecule has 3 rings (SSSR count). The van der Waals surface area contributed by atoms with Gasteiger partial charge in [0.1, 0.15) is 5.60 Å². The molecule has 5 heteroatoms. The second kappa shape index (κ2) is 3.87. The van der Waals surface area contributed by atoms with Crippen molar-refractivity contribution in [3.8, 4) is 0 Å². The van der Waals surface area contributed by atoms with E-state index in [0.29, 0.717) is 19.0 Å². The summed E-state index contributed by atoms with van der Waals surface area (Å²) in [5.41, 5.74) is -0.452. The molecule has 1 aliphatic heterocycles. The van der Waals surface area contributed by atoms with Gasteiger partial charge in [-0.3, -0.25) is 4.79 Å². The van der Waals surface area contributed by atoms with E-state index in [1.807, 2.05) is 20.8 Å². The maximum Gasteiger partial charge on any atom is 0.410 e. The van der Waals surface area contributed by atoms with Crippen LogP contribution in [0.15, 0.2) is 0 Å². The summed E-state index contributed by atoms with van der Waals surface area (Å²) in [6.07, 6.45) is 2.69. The Kier molecular flexibility index (Phi) is 2.60. The Morgan fingerprint density at radius 1 is 1.32 bits per heavy atom. The van der Waals surface area contributed by atoms with Gasteiger partial charge >= 0.3 is 6.09 Å². The molecule has 0 aromatic rings. The topological polar surface area (TPSA) is 58.6 Å². The first-order chi connectivity index (χ1) is 8.80. The minimum Gasteiger partial charge on any atom is -0.444 e. The molecule has 2 amide bonds. The molecule has 0 radical (unpaired) electrons. The van der Waals surface area contributed by atoms with Gasteiger partial charge in [0.2, 0.25) is 5.91 Å². The van der Waals surface area contributed by atoms with Crippen LogP contribution in [0, 0.1) is 11.3 Å². The maximum absolute atomic E-state index is 12.0. The van der Waals surface area contributed by atoms with Crippen LogP contribution in [-0.4, -0.2) is 41.6 Å². The fourth-order valence-corrected chi connectivity index (χ4v) is 2.77. The highest BCUT2D eigenvalue weighted by Crippen LogP contribution is 2.75. The summed E-state index contributed by atoms with van der Waals surface area (Å²) in [6.45, 7) is 6.82. The van der Waals surface area contributed by atoms with Crippen LogP contribution in [0.2, 0.25) is 0 Å². The number of carbonyl (C=O) groups is 2. The van der Waals surface area contributed by atoms with Crippen molar-refractivity contribution in [3.63, 3.8) is 0 Å². The third-order valence-electron chi connectivity index (χ3n) is 4.31. The number of likely N-dealkylation sites (tertiary alicyclic amines) is 1. The Morgan fingerprint density at radius 3 is 2.47 bits per heavy atom. The fourth-order valence-electron chi connectivity index (χ4n) is 2.77. The molecule has 2 aliphatic carbocycles. The predicted molar refractivity (Wildman–Crippen MR) is 69.5 cm³/mol. The van der Waals surface area contributed by atoms with E-state index in [1.54, 1.807) is 4.90 Å². The predicted octanol–water partition coefficient (Wildman–Crippen LogP) is 1.52. The van der Waals surface area contributed by atoms with Gasteiger partial charge < -0.3 is 15.0 Å². The van der Waals surface area contributed by atoms with Gasteiger partial charge in [0.15, 0.2) is 0 Å². The van der Waals surface area contributed by atoms with E-state index >= 15 is 0 Å². The Morgan fingerprint density at radius 2 is 1.95 bits per heavy atom. The smallest absolute Gasteiger partial charge is 0.410 e. The molecule has 0 unspecified atom stereocenters. The molecule has 3 aliphatic rings. The number of nitrogens with one attached hydrogen (secondary N) is 1. The molecule has 19 heavy (non-hydrogen) atoms. The summed E-state index contributed by atoms with van der Waals surface area (Å²) in [4.78, 5) is 25.6. The van der Waals surface area contributed by atoms with Gasteiger partial charge in [-0.05, 0) is 46.0 Å². The number of hydrogen-bond acceptors (Lipinski definition) is 3. The molecule has 0 aromatic heterocycles. The Labute approximate surface area is 113 Å². The van der Waals surface area contributed by atoms with E-state index in [4.69, 9.17) is 4.74 Å². The summed E-state index contributed by atoms with van der Waals surface area (Å²) in [6, 6.07) is 0.0937. The van der Waals surface area contributed by atoms with Crippen LogP contribution >= 0.6 is 0 Å². The highest BCUT2D eigenvalue weighted by atomic mass is 16.6. The second-order valence-corrected chi connectivity index (χ2v) is 7.15. The van der Waals surface area contributed by atoms with Crippen molar-refractivity contribution in [2.24, 2.45) is 11.3 Å². The van der Waals surface area contributed by atoms with Gasteiger partial charge in [-0.2, -0.15) is 0 Å².